The molecular formula is C15H26FN3. The molecule has 3 nitrogen and oxygen atoms in total. The van der Waals surface area contributed by atoms with Crippen LogP contribution < -0.4 is 5.32 Å². The Hall–Kier alpha value is -1.00. The molecule has 0 aromatic carbocycles. The summed E-state index contributed by atoms with van der Waals surface area (Å²) in [6, 6.07) is 1.66. The Labute approximate surface area is 116 Å². The molecule has 0 saturated heterocycles. The number of halogens is 1. The van der Waals surface area contributed by atoms with Gasteiger partial charge in [0.2, 0.25) is 0 Å². The second kappa shape index (κ2) is 6.96. The first kappa shape index (κ1) is 16.1. The van der Waals surface area contributed by atoms with Crippen LogP contribution in [0.25, 0.3) is 0 Å². The topological polar surface area (TPSA) is 28.2 Å². The first-order valence-corrected chi connectivity index (χ1v) is 7.03. The highest BCUT2D eigenvalue weighted by molar-refractivity contribution is 5.21. The van der Waals surface area contributed by atoms with Crippen LogP contribution in [0.15, 0.2) is 18.5 Å². The lowest BCUT2D eigenvalue weighted by atomic mass is 9.80. The number of likely N-dealkylation sites (N-methyl/N-ethyl adjacent to an activating group) is 2. The van der Waals surface area contributed by atoms with E-state index in [0.717, 1.165) is 24.9 Å². The molecule has 1 atom stereocenters. The average Bonchev–Trinajstić information content (AvgIpc) is 2.39. The summed E-state index contributed by atoms with van der Waals surface area (Å²) in [5, 5.41) is 3.50. The predicted molar refractivity (Wildman–Crippen MR) is 77.6 cm³/mol. The van der Waals surface area contributed by atoms with Crippen LogP contribution in [0.3, 0.4) is 0 Å². The van der Waals surface area contributed by atoms with Gasteiger partial charge in [-0.1, -0.05) is 20.8 Å². The Morgan fingerprint density at radius 2 is 1.89 bits per heavy atom. The number of aromatic nitrogens is 1. The van der Waals surface area contributed by atoms with Gasteiger partial charge >= 0.3 is 0 Å². The fraction of sp³-hybridized carbons (Fsp3) is 0.667. The summed E-state index contributed by atoms with van der Waals surface area (Å²) < 4.78 is 13.5. The van der Waals surface area contributed by atoms with Crippen molar-refractivity contribution in [2.45, 2.75) is 45.2 Å². The molecule has 1 rings (SSSR count). The Balaban J connectivity index is 3.24. The van der Waals surface area contributed by atoms with Crippen molar-refractivity contribution in [3.63, 3.8) is 0 Å². The highest BCUT2D eigenvalue weighted by Gasteiger charge is 2.38. The van der Waals surface area contributed by atoms with E-state index in [9.17, 15) is 4.39 Å². The Kier molecular flexibility index (Phi) is 5.88. The summed E-state index contributed by atoms with van der Waals surface area (Å²) in [7, 11) is 4.17. The van der Waals surface area contributed by atoms with Gasteiger partial charge in [0, 0.05) is 11.7 Å². The normalized spacial score (nSPS) is 13.8. The van der Waals surface area contributed by atoms with Crippen LogP contribution in [0.5, 0.6) is 0 Å². The molecule has 1 aromatic heterocycles. The van der Waals surface area contributed by atoms with Gasteiger partial charge in [-0.2, -0.15) is 0 Å². The summed E-state index contributed by atoms with van der Waals surface area (Å²) in [6.07, 6.45) is 5.00. The van der Waals surface area contributed by atoms with E-state index in [1.165, 1.54) is 6.20 Å². The van der Waals surface area contributed by atoms with Crippen molar-refractivity contribution in [3.05, 3.63) is 29.8 Å². The number of pyridine rings is 1. The third kappa shape index (κ3) is 3.31. The van der Waals surface area contributed by atoms with Crippen LogP contribution in [0.1, 0.15) is 45.2 Å². The van der Waals surface area contributed by atoms with Gasteiger partial charge in [0.05, 0.1) is 12.2 Å². The van der Waals surface area contributed by atoms with E-state index in [4.69, 9.17) is 0 Å². The molecule has 19 heavy (non-hydrogen) atoms. The zero-order valence-electron chi connectivity index (χ0n) is 12.7. The molecule has 1 unspecified atom stereocenters. The molecule has 1 aromatic rings. The number of rotatable bonds is 7. The Bertz CT molecular complexity index is 389. The Morgan fingerprint density at radius 1 is 1.26 bits per heavy atom. The third-order valence-corrected chi connectivity index (χ3v) is 4.12. The molecule has 0 spiro atoms. The van der Waals surface area contributed by atoms with Gasteiger partial charge in [-0.15, -0.1) is 0 Å². The molecule has 0 fully saturated rings. The standard InChI is InChI=1S/C15H26FN3/c1-6-15(7-2,19(4)5)14(18-8-3)12-9-13(16)11-17-10-12/h9-11,14,18H,6-8H2,1-5H3. The average molecular weight is 267 g/mol. The molecule has 0 aliphatic heterocycles. The SMILES string of the molecule is CCNC(c1cncc(F)c1)C(CC)(CC)N(C)C. The van der Waals surface area contributed by atoms with Gasteiger partial charge < -0.3 is 10.2 Å². The number of nitrogens with one attached hydrogen (secondary N) is 1. The van der Waals surface area contributed by atoms with Crippen LogP contribution in [-0.2, 0) is 0 Å². The summed E-state index contributed by atoms with van der Waals surface area (Å²) in [6.45, 7) is 7.28. The Morgan fingerprint density at radius 3 is 2.32 bits per heavy atom. The minimum absolute atomic E-state index is 0.0362. The van der Waals surface area contributed by atoms with E-state index in [1.807, 2.05) is 0 Å². The number of hydrogen-bond donors (Lipinski definition) is 1. The minimum Gasteiger partial charge on any atom is -0.309 e. The van der Waals surface area contributed by atoms with Gasteiger partial charge in [0.15, 0.2) is 0 Å². The molecule has 1 heterocycles. The van der Waals surface area contributed by atoms with Crippen molar-refractivity contribution in [1.29, 1.82) is 0 Å². The van der Waals surface area contributed by atoms with E-state index in [1.54, 1.807) is 12.3 Å². The summed E-state index contributed by atoms with van der Waals surface area (Å²) in [5.74, 6) is -0.278. The lowest BCUT2D eigenvalue weighted by Crippen LogP contribution is -2.53. The first-order chi connectivity index (χ1) is 9.01. The zero-order valence-corrected chi connectivity index (χ0v) is 12.7. The van der Waals surface area contributed by atoms with Crippen LogP contribution in [0.2, 0.25) is 0 Å². The zero-order chi connectivity index (χ0) is 14.5. The predicted octanol–water partition coefficient (Wildman–Crippen LogP) is 2.99. The smallest absolute Gasteiger partial charge is 0.141 e. The molecule has 4 heteroatoms. The molecule has 1 N–H and O–H groups in total. The molecule has 0 saturated carbocycles. The van der Waals surface area contributed by atoms with Crippen LogP contribution in [0.4, 0.5) is 4.39 Å². The van der Waals surface area contributed by atoms with E-state index in [-0.39, 0.29) is 17.4 Å². The minimum atomic E-state index is -0.278. The molecule has 0 bridgehead atoms. The van der Waals surface area contributed by atoms with Crippen molar-refractivity contribution < 1.29 is 4.39 Å². The van der Waals surface area contributed by atoms with Crippen molar-refractivity contribution in [2.75, 3.05) is 20.6 Å². The van der Waals surface area contributed by atoms with E-state index < -0.39 is 0 Å². The highest BCUT2D eigenvalue weighted by atomic mass is 19.1. The maximum absolute atomic E-state index is 13.5. The summed E-state index contributed by atoms with van der Waals surface area (Å²) >= 11 is 0. The fourth-order valence-corrected chi connectivity index (χ4v) is 2.96. The molecule has 0 aliphatic carbocycles. The van der Waals surface area contributed by atoms with Crippen LogP contribution in [-0.4, -0.2) is 36.1 Å². The number of hydrogen-bond acceptors (Lipinski definition) is 3. The maximum atomic E-state index is 13.5. The quantitative estimate of drug-likeness (QED) is 0.823. The van der Waals surface area contributed by atoms with E-state index in [2.05, 4.69) is 50.1 Å². The van der Waals surface area contributed by atoms with E-state index >= 15 is 0 Å². The largest absolute Gasteiger partial charge is 0.309 e. The van der Waals surface area contributed by atoms with Gasteiger partial charge in [-0.3, -0.25) is 4.98 Å². The lowest BCUT2D eigenvalue weighted by Gasteiger charge is -2.45. The molecular weight excluding hydrogens is 241 g/mol. The third-order valence-electron chi connectivity index (χ3n) is 4.12. The second-order valence-electron chi connectivity index (χ2n) is 5.13. The summed E-state index contributed by atoms with van der Waals surface area (Å²) in [5.41, 5.74) is 0.880. The second-order valence-corrected chi connectivity index (χ2v) is 5.13. The fourth-order valence-electron chi connectivity index (χ4n) is 2.96. The molecule has 0 aliphatic rings. The van der Waals surface area contributed by atoms with Crippen LogP contribution >= 0.6 is 0 Å². The van der Waals surface area contributed by atoms with Crippen LogP contribution in [0, 0.1) is 5.82 Å². The van der Waals surface area contributed by atoms with Gasteiger partial charge in [-0.05, 0) is 45.1 Å². The van der Waals surface area contributed by atoms with E-state index in [0.29, 0.717) is 0 Å². The molecule has 108 valence electrons. The first-order valence-electron chi connectivity index (χ1n) is 7.03. The monoisotopic (exact) mass is 267 g/mol. The number of nitrogens with zero attached hydrogens (tertiary/aromatic N) is 2. The van der Waals surface area contributed by atoms with Gasteiger partial charge in [-0.25, -0.2) is 4.39 Å². The molecule has 0 radical (unpaired) electrons. The molecule has 0 amide bonds. The van der Waals surface area contributed by atoms with Crippen molar-refractivity contribution in [2.24, 2.45) is 0 Å². The summed E-state index contributed by atoms with van der Waals surface area (Å²) in [4.78, 5) is 6.24. The van der Waals surface area contributed by atoms with Crippen molar-refractivity contribution >= 4 is 0 Å². The highest BCUT2D eigenvalue weighted by Crippen LogP contribution is 2.35. The van der Waals surface area contributed by atoms with Crippen molar-refractivity contribution in [3.8, 4) is 0 Å². The lowest BCUT2D eigenvalue weighted by molar-refractivity contribution is 0.0886. The van der Waals surface area contributed by atoms with Crippen molar-refractivity contribution in [1.82, 2.24) is 15.2 Å². The van der Waals surface area contributed by atoms with Gasteiger partial charge in [0.25, 0.3) is 0 Å². The maximum Gasteiger partial charge on any atom is 0.141 e. The van der Waals surface area contributed by atoms with Gasteiger partial charge in [0.1, 0.15) is 5.82 Å².